The minimum atomic E-state index is -1.17. The molecule has 0 aliphatic rings. The number of H-pyrrole nitrogens is 1. The fourth-order valence-electron chi connectivity index (χ4n) is 1.13. The Hall–Kier alpha value is -2.31. The second-order valence-electron chi connectivity index (χ2n) is 2.69. The summed E-state index contributed by atoms with van der Waals surface area (Å²) >= 11 is 0. The van der Waals surface area contributed by atoms with E-state index >= 15 is 0 Å². The average molecular weight is 194 g/mol. The molecule has 0 atom stereocenters. The van der Waals surface area contributed by atoms with E-state index in [9.17, 15) is 9.59 Å². The van der Waals surface area contributed by atoms with Crippen molar-refractivity contribution >= 4 is 17.4 Å². The first-order valence-electron chi connectivity index (χ1n) is 3.70. The van der Waals surface area contributed by atoms with Gasteiger partial charge in [-0.25, -0.2) is 9.31 Å². The quantitative estimate of drug-likeness (QED) is 0.555. The van der Waals surface area contributed by atoms with Crippen LogP contribution in [0.25, 0.3) is 5.65 Å². The SMILES string of the molecule is Nc1cc(=O)[nH]c2cc(C(=O)O)nn12. The molecule has 0 spiro atoms. The number of rotatable bonds is 1. The van der Waals surface area contributed by atoms with Crippen LogP contribution in [0.5, 0.6) is 0 Å². The van der Waals surface area contributed by atoms with Crippen molar-refractivity contribution < 1.29 is 9.90 Å². The average Bonchev–Trinajstić information content (AvgIpc) is 2.47. The molecule has 0 aromatic carbocycles. The Bertz CT molecular complexity index is 568. The van der Waals surface area contributed by atoms with E-state index in [0.29, 0.717) is 0 Å². The maximum Gasteiger partial charge on any atom is 0.356 e. The van der Waals surface area contributed by atoms with Crippen LogP contribution in [-0.2, 0) is 0 Å². The molecule has 0 fully saturated rings. The predicted octanol–water partition coefficient (Wildman–Crippen LogP) is -0.697. The Kier molecular flexibility index (Phi) is 1.53. The number of carbonyl (C=O) groups is 1. The summed E-state index contributed by atoms with van der Waals surface area (Å²) in [6.45, 7) is 0. The van der Waals surface area contributed by atoms with Gasteiger partial charge in [0.25, 0.3) is 5.56 Å². The number of nitrogens with two attached hydrogens (primary N) is 1. The summed E-state index contributed by atoms with van der Waals surface area (Å²) in [5.41, 5.74) is 5.15. The summed E-state index contributed by atoms with van der Waals surface area (Å²) < 4.78 is 1.16. The van der Waals surface area contributed by atoms with Crippen LogP contribution in [0.15, 0.2) is 16.9 Å². The van der Waals surface area contributed by atoms with E-state index in [1.54, 1.807) is 0 Å². The van der Waals surface area contributed by atoms with Crippen molar-refractivity contribution in [2.24, 2.45) is 0 Å². The van der Waals surface area contributed by atoms with Crippen LogP contribution >= 0.6 is 0 Å². The highest BCUT2D eigenvalue weighted by Crippen LogP contribution is 2.05. The van der Waals surface area contributed by atoms with Crippen molar-refractivity contribution in [2.45, 2.75) is 0 Å². The Morgan fingerprint density at radius 3 is 2.93 bits per heavy atom. The smallest absolute Gasteiger partial charge is 0.356 e. The Morgan fingerprint density at radius 1 is 1.57 bits per heavy atom. The Morgan fingerprint density at radius 2 is 2.29 bits per heavy atom. The fraction of sp³-hybridized carbons (Fsp3) is 0. The van der Waals surface area contributed by atoms with Gasteiger partial charge in [0.1, 0.15) is 11.5 Å². The summed E-state index contributed by atoms with van der Waals surface area (Å²) in [5, 5.41) is 12.3. The number of carboxylic acids is 1. The third-order valence-corrected chi connectivity index (χ3v) is 1.70. The Labute approximate surface area is 76.8 Å². The minimum Gasteiger partial charge on any atom is -0.476 e. The topological polar surface area (TPSA) is 113 Å². The van der Waals surface area contributed by atoms with Gasteiger partial charge >= 0.3 is 5.97 Å². The number of fused-ring (bicyclic) bond motifs is 1. The summed E-state index contributed by atoms with van der Waals surface area (Å²) in [6, 6.07) is 2.37. The van der Waals surface area contributed by atoms with Gasteiger partial charge in [0, 0.05) is 12.1 Å². The first-order valence-corrected chi connectivity index (χ1v) is 3.70. The molecule has 2 aromatic rings. The van der Waals surface area contributed by atoms with E-state index in [1.165, 1.54) is 6.07 Å². The predicted molar refractivity (Wildman–Crippen MR) is 47.2 cm³/mol. The lowest BCUT2D eigenvalue weighted by Gasteiger charge is -1.95. The van der Waals surface area contributed by atoms with E-state index in [0.717, 1.165) is 10.6 Å². The van der Waals surface area contributed by atoms with E-state index in [4.69, 9.17) is 10.8 Å². The molecule has 0 aliphatic heterocycles. The molecule has 0 saturated carbocycles. The number of hydrogen-bond acceptors (Lipinski definition) is 4. The molecular formula is C7H6N4O3. The molecule has 0 saturated heterocycles. The molecule has 0 unspecified atom stereocenters. The third-order valence-electron chi connectivity index (χ3n) is 1.70. The molecule has 0 amide bonds. The number of carboxylic acid groups (broad SMARTS) is 1. The lowest BCUT2D eigenvalue weighted by molar-refractivity contribution is 0.0690. The molecule has 72 valence electrons. The first kappa shape index (κ1) is 8.30. The van der Waals surface area contributed by atoms with Crippen molar-refractivity contribution in [1.82, 2.24) is 14.6 Å². The van der Waals surface area contributed by atoms with E-state index in [1.807, 2.05) is 0 Å². The molecule has 0 bridgehead atoms. The number of nitrogen functional groups attached to an aromatic ring is 1. The normalized spacial score (nSPS) is 10.6. The van der Waals surface area contributed by atoms with Gasteiger partial charge in [0.05, 0.1) is 0 Å². The van der Waals surface area contributed by atoms with Gasteiger partial charge in [0.15, 0.2) is 5.69 Å². The number of anilines is 1. The monoisotopic (exact) mass is 194 g/mol. The standard InChI is InChI=1S/C7H6N4O3/c8-4-2-6(12)9-5-1-3(7(13)14)10-11(4)5/h1-2H,8H2,(H,9,12)(H,13,14). The fourth-order valence-corrected chi connectivity index (χ4v) is 1.13. The highest BCUT2D eigenvalue weighted by atomic mass is 16.4. The minimum absolute atomic E-state index is 0.0938. The molecule has 4 N–H and O–H groups in total. The molecule has 14 heavy (non-hydrogen) atoms. The van der Waals surface area contributed by atoms with Gasteiger partial charge in [0.2, 0.25) is 0 Å². The van der Waals surface area contributed by atoms with Crippen molar-refractivity contribution in [2.75, 3.05) is 5.73 Å². The lowest BCUT2D eigenvalue weighted by Crippen LogP contribution is -2.11. The maximum atomic E-state index is 11.0. The van der Waals surface area contributed by atoms with Crippen LogP contribution in [0.3, 0.4) is 0 Å². The summed E-state index contributed by atoms with van der Waals surface area (Å²) in [7, 11) is 0. The number of hydrogen-bond donors (Lipinski definition) is 3. The van der Waals surface area contributed by atoms with Crippen LogP contribution in [0.4, 0.5) is 5.82 Å². The highest BCUT2D eigenvalue weighted by Gasteiger charge is 2.10. The van der Waals surface area contributed by atoms with Crippen LogP contribution in [0.1, 0.15) is 10.5 Å². The van der Waals surface area contributed by atoms with Crippen LogP contribution < -0.4 is 11.3 Å². The highest BCUT2D eigenvalue weighted by molar-refractivity contribution is 5.86. The van der Waals surface area contributed by atoms with E-state index in [2.05, 4.69) is 10.1 Å². The van der Waals surface area contributed by atoms with Crippen molar-refractivity contribution in [1.29, 1.82) is 0 Å². The zero-order chi connectivity index (χ0) is 10.3. The van der Waals surface area contributed by atoms with Crippen molar-refractivity contribution in [3.63, 3.8) is 0 Å². The zero-order valence-corrected chi connectivity index (χ0v) is 6.89. The largest absolute Gasteiger partial charge is 0.476 e. The van der Waals surface area contributed by atoms with E-state index < -0.39 is 11.5 Å². The Balaban J connectivity index is 2.83. The summed E-state index contributed by atoms with van der Waals surface area (Å²) in [4.78, 5) is 23.9. The van der Waals surface area contributed by atoms with E-state index in [-0.39, 0.29) is 17.2 Å². The van der Waals surface area contributed by atoms with Gasteiger partial charge in [-0.2, -0.15) is 5.10 Å². The van der Waals surface area contributed by atoms with Gasteiger partial charge in [-0.05, 0) is 0 Å². The zero-order valence-electron chi connectivity index (χ0n) is 6.89. The summed E-state index contributed by atoms with van der Waals surface area (Å²) in [5.74, 6) is -1.08. The first-order chi connectivity index (χ1) is 6.58. The van der Waals surface area contributed by atoms with Crippen molar-refractivity contribution in [3.8, 4) is 0 Å². The van der Waals surface area contributed by atoms with Crippen molar-refractivity contribution in [3.05, 3.63) is 28.2 Å². The third kappa shape index (κ3) is 1.11. The van der Waals surface area contributed by atoms with Crippen LogP contribution in [0, 0.1) is 0 Å². The molecule has 2 aromatic heterocycles. The number of aromatic nitrogens is 3. The molecule has 0 radical (unpaired) electrons. The second-order valence-corrected chi connectivity index (χ2v) is 2.69. The van der Waals surface area contributed by atoms with Gasteiger partial charge in [-0.15, -0.1) is 0 Å². The van der Waals surface area contributed by atoms with Gasteiger partial charge < -0.3 is 15.8 Å². The van der Waals surface area contributed by atoms with Crippen LogP contribution in [-0.4, -0.2) is 25.7 Å². The molecule has 7 nitrogen and oxygen atoms in total. The summed E-state index contributed by atoms with van der Waals surface area (Å²) in [6.07, 6.45) is 0. The molecule has 0 aliphatic carbocycles. The van der Waals surface area contributed by atoms with Crippen LogP contribution in [0.2, 0.25) is 0 Å². The second kappa shape index (κ2) is 2.59. The van der Waals surface area contributed by atoms with Gasteiger partial charge in [-0.1, -0.05) is 0 Å². The number of nitrogens with zero attached hydrogens (tertiary/aromatic N) is 2. The molecule has 7 heteroatoms. The number of aromatic amines is 1. The molecule has 2 heterocycles. The molecule has 2 rings (SSSR count). The maximum absolute atomic E-state index is 11.0. The lowest BCUT2D eigenvalue weighted by atomic mass is 10.4. The molecular weight excluding hydrogens is 188 g/mol. The number of aromatic carboxylic acids is 1. The number of nitrogens with one attached hydrogen (secondary N) is 1. The van der Waals surface area contributed by atoms with Gasteiger partial charge in [-0.3, -0.25) is 4.79 Å².